The Morgan fingerprint density at radius 3 is 2.36 bits per heavy atom. The monoisotopic (exact) mass is 603 g/mol. The third kappa shape index (κ3) is 3.93. The molecule has 4 aliphatic rings. The average molecular weight is 604 g/mol. The normalized spacial score (nSPS) is 31.9. The third-order valence-electron chi connectivity index (χ3n) is 9.39. The molecule has 1 fully saturated rings. The molecule has 0 amide bonds. The molecule has 7 unspecified atom stereocenters. The number of nitrogens with zero attached hydrogens (tertiary/aromatic N) is 1. The van der Waals surface area contributed by atoms with E-state index in [1.165, 1.54) is 12.1 Å². The predicted molar refractivity (Wildman–Crippen MR) is 154 cm³/mol. The fraction of sp³-hybridized carbons (Fsp3) is 0.394. The van der Waals surface area contributed by atoms with E-state index in [0.29, 0.717) is 11.3 Å². The first kappa shape index (κ1) is 28.8. The number of aliphatic hydroxyl groups excluding tert-OH is 2. The van der Waals surface area contributed by atoms with Crippen LogP contribution >= 0.6 is 0 Å². The van der Waals surface area contributed by atoms with Crippen LogP contribution in [0.25, 0.3) is 0 Å². The third-order valence-corrected chi connectivity index (χ3v) is 9.39. The average Bonchev–Trinajstić information content (AvgIpc) is 2.94. The molecule has 0 radical (unpaired) electrons. The van der Waals surface area contributed by atoms with E-state index in [4.69, 9.17) is 14.2 Å². The van der Waals surface area contributed by atoms with Crippen molar-refractivity contribution in [2.24, 2.45) is 0 Å². The summed E-state index contributed by atoms with van der Waals surface area (Å²) in [5.41, 5.74) is -2.92. The standard InChI is InChI=1S/C33H33NO10/c1-32(41)12-14-10-16-21(26(37)20(14)19(13-32)42-15-8-6-5-7-9-15)27(38)22-18(35)11-17-29(23(22)25(16)36)43-31-28(39)24(34(3)4)30(40)33(17,2)44-31/h5-11,19,24,28,30-31,35,37,39-41H,12-13H2,1-4H3. The molecule has 7 atom stereocenters. The topological polar surface area (TPSA) is 166 Å². The highest BCUT2D eigenvalue weighted by Gasteiger charge is 2.59. The quantitative estimate of drug-likeness (QED) is 0.233. The maximum Gasteiger partial charge on any atom is 0.228 e. The lowest BCUT2D eigenvalue weighted by atomic mass is 9.72. The lowest BCUT2D eigenvalue weighted by molar-refractivity contribution is -0.311. The molecule has 1 saturated heterocycles. The van der Waals surface area contributed by atoms with Gasteiger partial charge in [-0.3, -0.25) is 9.59 Å². The van der Waals surface area contributed by atoms with E-state index in [1.54, 1.807) is 57.1 Å². The van der Waals surface area contributed by atoms with Gasteiger partial charge in [0.1, 0.15) is 46.9 Å². The van der Waals surface area contributed by atoms with Gasteiger partial charge in [-0.2, -0.15) is 0 Å². The molecule has 11 nitrogen and oxygen atoms in total. The lowest BCUT2D eigenvalue weighted by Gasteiger charge is -2.53. The summed E-state index contributed by atoms with van der Waals surface area (Å²) in [6.45, 7) is 3.20. The molecule has 2 bridgehead atoms. The molecular formula is C33H33NO10. The van der Waals surface area contributed by atoms with Gasteiger partial charge in [-0.25, -0.2) is 0 Å². The first-order valence-electron chi connectivity index (χ1n) is 14.4. The SMILES string of the molecule is CN(C)C1C(O)C2Oc3c(cc(O)c4c3C(=O)c3cc5c(c(O)c3C4=O)C(Oc3ccccc3)CC(C)(O)C5)C(C)(O2)C1O. The van der Waals surface area contributed by atoms with Crippen LogP contribution in [0.5, 0.6) is 23.0 Å². The van der Waals surface area contributed by atoms with Gasteiger partial charge >= 0.3 is 0 Å². The number of fused-ring (bicyclic) bond motifs is 8. The lowest BCUT2D eigenvalue weighted by Crippen LogP contribution is -2.68. The van der Waals surface area contributed by atoms with Crippen LogP contribution in [0.2, 0.25) is 0 Å². The Hall–Kier alpha value is -4.00. The molecule has 0 aromatic heterocycles. The van der Waals surface area contributed by atoms with Gasteiger partial charge < -0.3 is 44.6 Å². The maximum absolute atomic E-state index is 14.3. The number of hydrogen-bond donors (Lipinski definition) is 5. The molecule has 3 aromatic rings. The highest BCUT2D eigenvalue weighted by atomic mass is 16.7. The van der Waals surface area contributed by atoms with Crippen molar-refractivity contribution in [3.8, 4) is 23.0 Å². The molecule has 3 aromatic carbocycles. The van der Waals surface area contributed by atoms with E-state index in [9.17, 15) is 35.1 Å². The summed E-state index contributed by atoms with van der Waals surface area (Å²) in [6, 6.07) is 10.8. The second-order valence-electron chi connectivity index (χ2n) is 12.8. The number of phenols is 2. The summed E-state index contributed by atoms with van der Waals surface area (Å²) in [5, 5.41) is 56.4. The number of likely N-dealkylation sites (N-methyl/N-ethyl adjacent to an activating group) is 1. The minimum atomic E-state index is -1.51. The van der Waals surface area contributed by atoms with E-state index in [0.717, 1.165) is 0 Å². The maximum atomic E-state index is 14.3. The molecule has 5 N–H and O–H groups in total. The van der Waals surface area contributed by atoms with E-state index in [2.05, 4.69) is 0 Å². The van der Waals surface area contributed by atoms with Gasteiger partial charge in [0.05, 0.1) is 28.3 Å². The molecule has 2 heterocycles. The van der Waals surface area contributed by atoms with Gasteiger partial charge in [0.25, 0.3) is 0 Å². The van der Waals surface area contributed by atoms with E-state index >= 15 is 0 Å². The van der Waals surface area contributed by atoms with Crippen LogP contribution in [-0.4, -0.2) is 86.2 Å². The zero-order chi connectivity index (χ0) is 31.5. The van der Waals surface area contributed by atoms with Crippen molar-refractivity contribution < 1.29 is 49.3 Å². The zero-order valence-corrected chi connectivity index (χ0v) is 24.6. The number of benzene rings is 3. The van der Waals surface area contributed by atoms with E-state index in [1.807, 2.05) is 6.07 Å². The van der Waals surface area contributed by atoms with Crippen molar-refractivity contribution in [3.63, 3.8) is 0 Å². The molecule has 230 valence electrons. The number of aliphatic hydroxyl groups is 3. The Balaban J connectivity index is 1.40. The fourth-order valence-corrected chi connectivity index (χ4v) is 7.32. The van der Waals surface area contributed by atoms with Crippen LogP contribution in [-0.2, 0) is 16.8 Å². The van der Waals surface area contributed by atoms with E-state index < -0.39 is 64.9 Å². The van der Waals surface area contributed by atoms with Crippen molar-refractivity contribution >= 4 is 11.6 Å². The Kier molecular flexibility index (Phi) is 6.21. The summed E-state index contributed by atoms with van der Waals surface area (Å²) >= 11 is 0. The predicted octanol–water partition coefficient (Wildman–Crippen LogP) is 2.31. The van der Waals surface area contributed by atoms with Gasteiger partial charge in [-0.1, -0.05) is 18.2 Å². The Labute approximate surface area is 252 Å². The molecule has 0 spiro atoms. The van der Waals surface area contributed by atoms with Crippen molar-refractivity contribution in [2.45, 2.75) is 68.5 Å². The minimum absolute atomic E-state index is 0.0824. The number of ketones is 2. The van der Waals surface area contributed by atoms with Gasteiger partial charge in [-0.05, 0) is 57.8 Å². The molecule has 11 heteroatoms. The summed E-state index contributed by atoms with van der Waals surface area (Å²) in [5.74, 6) is -2.11. The van der Waals surface area contributed by atoms with Crippen LogP contribution in [0.15, 0.2) is 42.5 Å². The Bertz CT molecular complexity index is 1730. The minimum Gasteiger partial charge on any atom is -0.507 e. The van der Waals surface area contributed by atoms with Crippen LogP contribution in [0.1, 0.15) is 74.9 Å². The van der Waals surface area contributed by atoms with Crippen LogP contribution in [0.3, 0.4) is 0 Å². The molecule has 44 heavy (non-hydrogen) atoms. The molecule has 7 rings (SSSR count). The largest absolute Gasteiger partial charge is 0.507 e. The number of carbonyl (C=O) groups is 2. The number of rotatable bonds is 3. The van der Waals surface area contributed by atoms with Crippen molar-refractivity contribution in [3.05, 3.63) is 81.4 Å². The highest BCUT2D eigenvalue weighted by molar-refractivity contribution is 6.31. The first-order valence-corrected chi connectivity index (χ1v) is 14.4. The summed E-state index contributed by atoms with van der Waals surface area (Å²) in [4.78, 5) is 30.0. The first-order chi connectivity index (χ1) is 20.7. The molecule has 0 saturated carbocycles. The molecular weight excluding hydrogens is 570 g/mol. The van der Waals surface area contributed by atoms with Crippen molar-refractivity contribution in [1.29, 1.82) is 0 Å². The van der Waals surface area contributed by atoms with Crippen LogP contribution in [0.4, 0.5) is 0 Å². The highest BCUT2D eigenvalue weighted by Crippen LogP contribution is 2.54. The van der Waals surface area contributed by atoms with Gasteiger partial charge in [0, 0.05) is 29.5 Å². The summed E-state index contributed by atoms with van der Waals surface area (Å²) < 4.78 is 18.2. The van der Waals surface area contributed by atoms with Crippen molar-refractivity contribution in [1.82, 2.24) is 4.90 Å². The summed E-state index contributed by atoms with van der Waals surface area (Å²) in [6.07, 6.45) is -4.54. The number of ether oxygens (including phenoxy) is 3. The number of carbonyl (C=O) groups excluding carboxylic acids is 2. The smallest absolute Gasteiger partial charge is 0.228 e. The number of phenolic OH excluding ortho intramolecular Hbond substituents is 2. The van der Waals surface area contributed by atoms with Crippen LogP contribution < -0.4 is 9.47 Å². The fourth-order valence-electron chi connectivity index (χ4n) is 7.32. The Morgan fingerprint density at radius 1 is 0.977 bits per heavy atom. The molecule has 2 aliphatic carbocycles. The van der Waals surface area contributed by atoms with Crippen molar-refractivity contribution in [2.75, 3.05) is 14.1 Å². The van der Waals surface area contributed by atoms with E-state index in [-0.39, 0.29) is 52.0 Å². The summed E-state index contributed by atoms with van der Waals surface area (Å²) in [7, 11) is 3.37. The van der Waals surface area contributed by atoms with Gasteiger partial charge in [0.2, 0.25) is 12.1 Å². The molecule has 2 aliphatic heterocycles. The number of para-hydroxylation sites is 1. The number of hydrogen-bond acceptors (Lipinski definition) is 11. The zero-order valence-electron chi connectivity index (χ0n) is 24.6. The van der Waals surface area contributed by atoms with Gasteiger partial charge in [-0.15, -0.1) is 0 Å². The van der Waals surface area contributed by atoms with Gasteiger partial charge in [0.15, 0.2) is 5.78 Å². The second kappa shape index (κ2) is 9.50. The second-order valence-corrected chi connectivity index (χ2v) is 12.8. The Morgan fingerprint density at radius 2 is 1.68 bits per heavy atom. The number of aromatic hydroxyl groups is 2. The van der Waals surface area contributed by atoms with Crippen LogP contribution in [0, 0.1) is 0 Å².